The van der Waals surface area contributed by atoms with E-state index in [1.54, 1.807) is 19.2 Å². The molecule has 2 aliphatic rings. The topological polar surface area (TPSA) is 101 Å². The third-order valence-corrected chi connectivity index (χ3v) is 4.83. The number of benzene rings is 2. The van der Waals surface area contributed by atoms with Gasteiger partial charge in [-0.05, 0) is 18.2 Å². The lowest BCUT2D eigenvalue weighted by Gasteiger charge is -2.10. The second-order valence-electron chi connectivity index (χ2n) is 6.15. The summed E-state index contributed by atoms with van der Waals surface area (Å²) >= 11 is 0. The summed E-state index contributed by atoms with van der Waals surface area (Å²) in [6, 6.07) is 7.27. The molecule has 0 unspecified atom stereocenters. The molecule has 128 valence electrons. The summed E-state index contributed by atoms with van der Waals surface area (Å²) in [5, 5.41) is 11.6. The molecule has 0 amide bonds. The van der Waals surface area contributed by atoms with Crippen LogP contribution in [0.2, 0.25) is 0 Å². The highest BCUT2D eigenvalue weighted by molar-refractivity contribution is 6.27. The van der Waals surface area contributed by atoms with Crippen LogP contribution in [0.4, 0.5) is 5.69 Å². The van der Waals surface area contributed by atoms with Crippen molar-refractivity contribution in [3.8, 4) is 22.8 Å². The Bertz CT molecular complexity index is 1240. The summed E-state index contributed by atoms with van der Waals surface area (Å²) in [4.78, 5) is 36.3. The molecule has 1 aromatic heterocycles. The molecular formula is C18H10N2O6. The van der Waals surface area contributed by atoms with E-state index in [0.29, 0.717) is 39.3 Å². The largest absolute Gasteiger partial charge is 0.454 e. The molecular weight excluding hydrogens is 340 g/mol. The van der Waals surface area contributed by atoms with E-state index in [0.717, 1.165) is 0 Å². The van der Waals surface area contributed by atoms with Crippen LogP contribution in [0, 0.1) is 10.1 Å². The van der Waals surface area contributed by atoms with Crippen molar-refractivity contribution in [2.45, 2.75) is 0 Å². The van der Waals surface area contributed by atoms with Crippen molar-refractivity contribution in [3.63, 3.8) is 0 Å². The molecule has 26 heavy (non-hydrogen) atoms. The standard InChI is InChI=1S/C18H10N2O6/c1-19-16-10-5-13-14(26-7-25-13)6-11(10)17(21)15(16)9-3-2-8(20(23)24)4-12(9)18(19)22/h2-6H,7H2,1H3. The first kappa shape index (κ1) is 14.6. The first-order valence-corrected chi connectivity index (χ1v) is 7.77. The summed E-state index contributed by atoms with van der Waals surface area (Å²) in [6.45, 7) is 0.0829. The Morgan fingerprint density at radius 3 is 2.42 bits per heavy atom. The average Bonchev–Trinajstić information content (AvgIpc) is 3.20. The summed E-state index contributed by atoms with van der Waals surface area (Å²) in [5.41, 5.74) is 1.25. The van der Waals surface area contributed by atoms with Crippen LogP contribution in [0.25, 0.3) is 22.0 Å². The second-order valence-corrected chi connectivity index (χ2v) is 6.15. The molecule has 8 nitrogen and oxygen atoms in total. The van der Waals surface area contributed by atoms with Crippen LogP contribution in [-0.4, -0.2) is 22.1 Å². The number of carbonyl (C=O) groups is 1. The highest BCUT2D eigenvalue weighted by Crippen LogP contribution is 2.45. The lowest BCUT2D eigenvalue weighted by molar-refractivity contribution is -0.384. The fraction of sp³-hybridized carbons (Fsp3) is 0.111. The number of non-ortho nitro benzene ring substituents is 1. The Balaban J connectivity index is 1.90. The third-order valence-electron chi connectivity index (χ3n) is 4.83. The molecule has 0 bridgehead atoms. The molecule has 3 aromatic rings. The van der Waals surface area contributed by atoms with E-state index < -0.39 is 10.5 Å². The van der Waals surface area contributed by atoms with Crippen molar-refractivity contribution in [2.24, 2.45) is 7.05 Å². The normalized spacial score (nSPS) is 13.8. The highest BCUT2D eigenvalue weighted by Gasteiger charge is 2.34. The number of hydrogen-bond acceptors (Lipinski definition) is 6. The van der Waals surface area contributed by atoms with Gasteiger partial charge >= 0.3 is 0 Å². The van der Waals surface area contributed by atoms with Gasteiger partial charge in [-0.3, -0.25) is 19.7 Å². The third kappa shape index (κ3) is 1.67. The fourth-order valence-corrected chi connectivity index (χ4v) is 3.62. The van der Waals surface area contributed by atoms with Gasteiger partial charge in [-0.1, -0.05) is 0 Å². The van der Waals surface area contributed by atoms with Crippen molar-refractivity contribution in [1.82, 2.24) is 4.57 Å². The van der Waals surface area contributed by atoms with E-state index in [1.165, 1.54) is 22.8 Å². The lowest BCUT2D eigenvalue weighted by Crippen LogP contribution is -2.20. The first-order valence-electron chi connectivity index (χ1n) is 7.77. The van der Waals surface area contributed by atoms with Crippen molar-refractivity contribution < 1.29 is 19.2 Å². The number of pyridine rings is 1. The van der Waals surface area contributed by atoms with E-state index in [2.05, 4.69) is 0 Å². The maximum atomic E-state index is 13.0. The van der Waals surface area contributed by atoms with Gasteiger partial charge in [0.1, 0.15) is 0 Å². The van der Waals surface area contributed by atoms with Crippen LogP contribution < -0.4 is 15.0 Å². The van der Waals surface area contributed by atoms with E-state index in [4.69, 9.17) is 9.47 Å². The molecule has 2 aromatic carbocycles. The number of nitro groups is 1. The van der Waals surface area contributed by atoms with E-state index >= 15 is 0 Å². The van der Waals surface area contributed by atoms with Gasteiger partial charge < -0.3 is 14.0 Å². The van der Waals surface area contributed by atoms with Crippen molar-refractivity contribution in [3.05, 3.63) is 61.9 Å². The average molecular weight is 350 g/mol. The number of nitro benzene ring substituents is 1. The smallest absolute Gasteiger partial charge is 0.270 e. The van der Waals surface area contributed by atoms with Crippen molar-refractivity contribution in [2.75, 3.05) is 6.79 Å². The number of hydrogen-bond donors (Lipinski definition) is 0. The van der Waals surface area contributed by atoms with Crippen LogP contribution in [0.5, 0.6) is 11.5 Å². The molecule has 0 spiro atoms. The number of fused-ring (bicyclic) bond motifs is 6. The Morgan fingerprint density at radius 2 is 1.73 bits per heavy atom. The minimum atomic E-state index is -0.568. The van der Waals surface area contributed by atoms with Gasteiger partial charge in [0.25, 0.3) is 11.2 Å². The van der Waals surface area contributed by atoms with Crippen LogP contribution >= 0.6 is 0 Å². The monoisotopic (exact) mass is 350 g/mol. The molecule has 5 rings (SSSR count). The minimum Gasteiger partial charge on any atom is -0.454 e. The zero-order valence-electron chi connectivity index (χ0n) is 13.4. The van der Waals surface area contributed by atoms with Gasteiger partial charge in [0.15, 0.2) is 17.3 Å². The van der Waals surface area contributed by atoms with Gasteiger partial charge in [-0.25, -0.2) is 0 Å². The number of nitrogens with zero attached hydrogens (tertiary/aromatic N) is 2. The zero-order valence-corrected chi connectivity index (χ0v) is 13.4. The molecule has 0 fully saturated rings. The summed E-state index contributed by atoms with van der Waals surface area (Å²) in [6.07, 6.45) is 0. The minimum absolute atomic E-state index is 0.0829. The number of aromatic nitrogens is 1. The van der Waals surface area contributed by atoms with E-state index in [1.807, 2.05) is 0 Å². The van der Waals surface area contributed by atoms with Gasteiger partial charge in [0.05, 0.1) is 21.6 Å². The molecule has 0 saturated heterocycles. The van der Waals surface area contributed by atoms with Gasteiger partial charge in [0, 0.05) is 35.7 Å². The number of rotatable bonds is 1. The van der Waals surface area contributed by atoms with E-state index in [9.17, 15) is 19.7 Å². The molecule has 0 saturated carbocycles. The zero-order chi connectivity index (χ0) is 18.2. The fourth-order valence-electron chi connectivity index (χ4n) is 3.62. The number of carbonyl (C=O) groups excluding carboxylic acids is 1. The number of ketones is 1. The molecule has 0 atom stereocenters. The van der Waals surface area contributed by atoms with Gasteiger partial charge in [-0.15, -0.1) is 0 Å². The van der Waals surface area contributed by atoms with Crippen LogP contribution in [0.15, 0.2) is 35.1 Å². The SMILES string of the molecule is Cn1c2c(c3ccc([N+](=O)[O-])cc3c1=O)C(=O)c1cc3c(cc1-2)OCO3. The molecule has 0 N–H and O–H groups in total. The predicted molar refractivity (Wildman–Crippen MR) is 90.8 cm³/mol. The lowest BCUT2D eigenvalue weighted by atomic mass is 10.0. The Kier molecular flexibility index (Phi) is 2.64. The molecule has 1 aliphatic carbocycles. The predicted octanol–water partition coefficient (Wildman–Crippen LogP) is 2.39. The summed E-state index contributed by atoms with van der Waals surface area (Å²) < 4.78 is 12.1. The molecule has 1 aliphatic heterocycles. The number of ether oxygens (including phenoxy) is 2. The van der Waals surface area contributed by atoms with Crippen molar-refractivity contribution in [1.29, 1.82) is 0 Å². The molecule has 8 heteroatoms. The van der Waals surface area contributed by atoms with Crippen LogP contribution in [0.1, 0.15) is 15.9 Å². The Labute approximate surface area is 145 Å². The second kappa shape index (κ2) is 4.69. The van der Waals surface area contributed by atoms with Gasteiger partial charge in [-0.2, -0.15) is 0 Å². The van der Waals surface area contributed by atoms with Crippen LogP contribution in [-0.2, 0) is 7.05 Å². The molecule has 2 heterocycles. The van der Waals surface area contributed by atoms with E-state index in [-0.39, 0.29) is 23.6 Å². The molecule has 0 radical (unpaired) electrons. The summed E-state index contributed by atoms with van der Waals surface area (Å²) in [5.74, 6) is 0.748. The maximum Gasteiger partial charge on any atom is 0.270 e. The summed E-state index contributed by atoms with van der Waals surface area (Å²) in [7, 11) is 1.55. The van der Waals surface area contributed by atoms with Gasteiger partial charge in [0.2, 0.25) is 6.79 Å². The Hall–Kier alpha value is -3.68. The van der Waals surface area contributed by atoms with Crippen LogP contribution in [0.3, 0.4) is 0 Å². The van der Waals surface area contributed by atoms with Crippen molar-refractivity contribution >= 4 is 22.2 Å². The highest BCUT2D eigenvalue weighted by atomic mass is 16.7. The Morgan fingerprint density at radius 1 is 1.04 bits per heavy atom. The quantitative estimate of drug-likeness (QED) is 0.386. The maximum absolute atomic E-state index is 13.0. The first-order chi connectivity index (χ1) is 12.5.